The molecule has 6 nitrogen and oxygen atoms in total. The van der Waals surface area contributed by atoms with Crippen LogP contribution in [-0.4, -0.2) is 36.1 Å². The van der Waals surface area contributed by atoms with Gasteiger partial charge < -0.3 is 15.4 Å². The minimum absolute atomic E-state index is 0.0203. The molecule has 1 saturated carbocycles. The maximum absolute atomic E-state index is 12.0. The highest BCUT2D eigenvalue weighted by atomic mass is 32.1. The van der Waals surface area contributed by atoms with Crippen LogP contribution >= 0.6 is 11.3 Å². The lowest BCUT2D eigenvalue weighted by molar-refractivity contribution is 0.0531. The predicted molar refractivity (Wildman–Crippen MR) is 102 cm³/mol. The van der Waals surface area contributed by atoms with Crippen LogP contribution in [0.15, 0.2) is 4.99 Å². The summed E-state index contributed by atoms with van der Waals surface area (Å²) in [7, 11) is 0. The van der Waals surface area contributed by atoms with E-state index in [4.69, 9.17) is 4.74 Å². The molecule has 0 aromatic carbocycles. The van der Waals surface area contributed by atoms with Crippen LogP contribution in [0.5, 0.6) is 0 Å². The minimum atomic E-state index is -0.295. The monoisotopic (exact) mass is 366 g/mol. The van der Waals surface area contributed by atoms with E-state index in [1.54, 1.807) is 0 Å². The van der Waals surface area contributed by atoms with Crippen LogP contribution in [0, 0.1) is 12.8 Å². The summed E-state index contributed by atoms with van der Waals surface area (Å²) in [5, 5.41) is 7.80. The molecule has 1 fully saturated rings. The zero-order valence-electron chi connectivity index (χ0n) is 15.9. The molecule has 0 aliphatic heterocycles. The first-order valence-corrected chi connectivity index (χ1v) is 10.0. The zero-order valence-corrected chi connectivity index (χ0v) is 16.7. The van der Waals surface area contributed by atoms with Crippen LogP contribution in [0.25, 0.3) is 0 Å². The first kappa shape index (κ1) is 19.7. The van der Waals surface area contributed by atoms with Crippen LogP contribution in [0.3, 0.4) is 0 Å². The Kier molecular flexibility index (Phi) is 7.23. The quantitative estimate of drug-likeness (QED) is 0.419. The number of ether oxygens (including phenoxy) is 1. The van der Waals surface area contributed by atoms with Crippen LogP contribution in [0.4, 0.5) is 0 Å². The van der Waals surface area contributed by atoms with Gasteiger partial charge in [0, 0.05) is 12.6 Å². The smallest absolute Gasteiger partial charge is 0.350 e. The van der Waals surface area contributed by atoms with Crippen LogP contribution in [0.1, 0.15) is 73.4 Å². The molecule has 2 N–H and O–H groups in total. The molecular weight excluding hydrogens is 336 g/mol. The Morgan fingerprint density at radius 3 is 2.84 bits per heavy atom. The van der Waals surface area contributed by atoms with Crippen LogP contribution < -0.4 is 10.6 Å². The second kappa shape index (κ2) is 9.17. The normalized spacial score (nSPS) is 20.9. The van der Waals surface area contributed by atoms with E-state index in [1.165, 1.54) is 30.6 Å². The lowest BCUT2D eigenvalue weighted by atomic mass is 10.2. The van der Waals surface area contributed by atoms with E-state index >= 15 is 0 Å². The maximum Gasteiger partial charge on any atom is 0.350 e. The molecule has 1 heterocycles. The molecule has 7 heteroatoms. The van der Waals surface area contributed by atoms with Gasteiger partial charge >= 0.3 is 5.97 Å². The lowest BCUT2D eigenvalue weighted by Gasteiger charge is -2.16. The van der Waals surface area contributed by atoms with E-state index in [1.807, 2.05) is 27.7 Å². The van der Waals surface area contributed by atoms with Crippen molar-refractivity contribution in [2.24, 2.45) is 10.9 Å². The summed E-state index contributed by atoms with van der Waals surface area (Å²) in [6.07, 6.45) is 3.71. The van der Waals surface area contributed by atoms with Gasteiger partial charge in [-0.1, -0.05) is 13.3 Å². The first-order valence-electron chi connectivity index (χ1n) is 9.21. The molecule has 0 spiro atoms. The molecule has 0 amide bonds. The number of nitrogens with one attached hydrogen (secondary N) is 2. The van der Waals surface area contributed by atoms with E-state index in [9.17, 15) is 4.79 Å². The van der Waals surface area contributed by atoms with Gasteiger partial charge in [0.1, 0.15) is 9.88 Å². The molecule has 140 valence electrons. The van der Waals surface area contributed by atoms with E-state index in [2.05, 4.69) is 27.5 Å². The fourth-order valence-electron chi connectivity index (χ4n) is 2.84. The average Bonchev–Trinajstić information content (AvgIpc) is 3.15. The van der Waals surface area contributed by atoms with Gasteiger partial charge in [0.15, 0.2) is 5.96 Å². The molecule has 1 aliphatic carbocycles. The second-order valence-corrected chi connectivity index (χ2v) is 7.44. The van der Waals surface area contributed by atoms with E-state index in [0.29, 0.717) is 17.5 Å². The Balaban J connectivity index is 1.99. The van der Waals surface area contributed by atoms with Gasteiger partial charge in [-0.15, -0.1) is 11.3 Å². The number of hydrogen-bond donors (Lipinski definition) is 2. The Morgan fingerprint density at radius 2 is 2.20 bits per heavy atom. The molecule has 1 aliphatic rings. The van der Waals surface area contributed by atoms with Crippen LogP contribution in [-0.2, 0) is 4.74 Å². The van der Waals surface area contributed by atoms with Crippen molar-refractivity contribution in [3.8, 4) is 0 Å². The Labute approximate surface area is 154 Å². The predicted octanol–water partition coefficient (Wildman–Crippen LogP) is 3.43. The number of carbonyl (C=O) groups is 1. The Bertz CT molecular complexity index is 614. The molecule has 0 bridgehead atoms. The summed E-state index contributed by atoms with van der Waals surface area (Å²) in [6.45, 7) is 11.0. The number of aryl methyl sites for hydroxylation is 1. The van der Waals surface area contributed by atoms with Gasteiger partial charge in [0.05, 0.1) is 18.3 Å². The molecule has 1 aromatic rings. The molecule has 1 aromatic heterocycles. The molecule has 25 heavy (non-hydrogen) atoms. The fourth-order valence-corrected chi connectivity index (χ4v) is 3.80. The van der Waals surface area contributed by atoms with E-state index < -0.39 is 0 Å². The summed E-state index contributed by atoms with van der Waals surface area (Å²) in [6, 6.07) is 0.506. The average molecular weight is 367 g/mol. The third-order valence-corrected chi connectivity index (χ3v) is 5.54. The number of aromatic nitrogens is 1. The topological polar surface area (TPSA) is 75.6 Å². The summed E-state index contributed by atoms with van der Waals surface area (Å²) in [4.78, 5) is 21.6. The molecular formula is C18H30N4O2S. The molecule has 2 rings (SSSR count). The highest BCUT2D eigenvalue weighted by Crippen LogP contribution is 2.34. The number of nitrogens with zero attached hydrogens (tertiary/aromatic N) is 2. The Morgan fingerprint density at radius 1 is 1.44 bits per heavy atom. The van der Waals surface area contributed by atoms with Crippen molar-refractivity contribution in [2.45, 2.75) is 66.0 Å². The summed E-state index contributed by atoms with van der Waals surface area (Å²) in [5.74, 6) is 1.29. The number of esters is 1. The number of rotatable bonds is 8. The molecule has 3 unspecified atom stereocenters. The number of carbonyl (C=O) groups excluding carboxylic acids is 1. The summed E-state index contributed by atoms with van der Waals surface area (Å²) in [5.41, 5.74) is 0.722. The van der Waals surface area contributed by atoms with Crippen molar-refractivity contribution in [3.63, 3.8) is 0 Å². The van der Waals surface area contributed by atoms with Gasteiger partial charge in [-0.3, -0.25) is 4.99 Å². The standard InChI is InChI=1S/C18H30N4O2S/c1-6-9-13-10-14(13)22-18(19-7-2)21-12(5)16-20-11(4)15(25-16)17(23)24-8-3/h12-14H,6-10H2,1-5H3,(H2,19,21,22). The largest absolute Gasteiger partial charge is 0.462 e. The number of guanidine groups is 1. The van der Waals surface area contributed by atoms with Crippen LogP contribution in [0.2, 0.25) is 0 Å². The number of aliphatic imine (C=N–C) groups is 1. The van der Waals surface area contributed by atoms with Gasteiger partial charge in [0.2, 0.25) is 0 Å². The molecule has 0 saturated heterocycles. The third-order valence-electron chi connectivity index (χ3n) is 4.22. The van der Waals surface area contributed by atoms with Crippen molar-refractivity contribution in [2.75, 3.05) is 13.2 Å². The Hall–Kier alpha value is -1.63. The summed E-state index contributed by atoms with van der Waals surface area (Å²) < 4.78 is 5.09. The van der Waals surface area contributed by atoms with Crippen molar-refractivity contribution in [1.29, 1.82) is 0 Å². The van der Waals surface area contributed by atoms with Crippen molar-refractivity contribution < 1.29 is 9.53 Å². The van der Waals surface area contributed by atoms with E-state index in [0.717, 1.165) is 29.1 Å². The maximum atomic E-state index is 12.0. The fraction of sp³-hybridized carbons (Fsp3) is 0.722. The van der Waals surface area contributed by atoms with Gasteiger partial charge in [-0.2, -0.15) is 0 Å². The second-order valence-electron chi connectivity index (χ2n) is 6.41. The van der Waals surface area contributed by atoms with Gasteiger partial charge in [-0.05, 0) is 46.5 Å². The highest BCUT2D eigenvalue weighted by Gasteiger charge is 2.36. The minimum Gasteiger partial charge on any atom is -0.462 e. The SMILES string of the molecule is CCCC1CC1NC(=NCC)NC(C)c1nc(C)c(C(=O)OCC)s1. The number of thiazole rings is 1. The van der Waals surface area contributed by atoms with Gasteiger partial charge in [0.25, 0.3) is 0 Å². The van der Waals surface area contributed by atoms with E-state index in [-0.39, 0.29) is 12.0 Å². The highest BCUT2D eigenvalue weighted by molar-refractivity contribution is 7.13. The van der Waals surface area contributed by atoms with Crippen molar-refractivity contribution in [3.05, 3.63) is 15.6 Å². The lowest BCUT2D eigenvalue weighted by Crippen LogP contribution is -2.40. The van der Waals surface area contributed by atoms with Gasteiger partial charge in [-0.25, -0.2) is 9.78 Å². The number of hydrogen-bond acceptors (Lipinski definition) is 5. The third kappa shape index (κ3) is 5.42. The summed E-state index contributed by atoms with van der Waals surface area (Å²) >= 11 is 1.39. The first-order chi connectivity index (χ1) is 12.0. The van der Waals surface area contributed by atoms with Crippen molar-refractivity contribution in [1.82, 2.24) is 15.6 Å². The van der Waals surface area contributed by atoms with Crippen molar-refractivity contribution >= 4 is 23.3 Å². The molecule has 0 radical (unpaired) electrons. The molecule has 3 atom stereocenters. The zero-order chi connectivity index (χ0) is 18.4.